The molecule has 1 N–H and O–H groups in total. The van der Waals surface area contributed by atoms with Gasteiger partial charge in [-0.3, -0.25) is 4.90 Å². The number of nitrogens with one attached hydrogen (secondary N) is 1. The molecule has 2 aromatic carbocycles. The number of hydrogen-bond donors (Lipinski definition) is 1. The molecule has 0 aliphatic carbocycles. The Morgan fingerprint density at radius 1 is 1.00 bits per heavy atom. The van der Waals surface area contributed by atoms with Crippen LogP contribution in [0, 0.1) is 5.82 Å². The number of nitrogens with zero attached hydrogens (tertiary/aromatic N) is 4. The fourth-order valence-electron chi connectivity index (χ4n) is 3.32. The first-order valence-electron chi connectivity index (χ1n) is 9.81. The van der Waals surface area contributed by atoms with Crippen LogP contribution in [0.25, 0.3) is 0 Å². The van der Waals surface area contributed by atoms with E-state index in [1.54, 1.807) is 18.2 Å². The van der Waals surface area contributed by atoms with Gasteiger partial charge in [-0.1, -0.05) is 48.5 Å². The average molecular weight is 381 g/mol. The van der Waals surface area contributed by atoms with Crippen molar-refractivity contribution in [3.8, 4) is 0 Å². The van der Waals surface area contributed by atoms with Gasteiger partial charge in [0.2, 0.25) is 0 Å². The van der Waals surface area contributed by atoms with Crippen LogP contribution >= 0.6 is 0 Å². The van der Waals surface area contributed by atoms with Gasteiger partial charge in [-0.05, 0) is 37.6 Å². The molecule has 0 radical (unpaired) electrons. The lowest BCUT2D eigenvalue weighted by Crippen LogP contribution is -2.32. The van der Waals surface area contributed by atoms with Crippen molar-refractivity contribution >= 4 is 0 Å². The van der Waals surface area contributed by atoms with Crippen molar-refractivity contribution in [2.45, 2.75) is 25.9 Å². The molecule has 6 heteroatoms. The molecule has 0 spiro atoms. The van der Waals surface area contributed by atoms with Crippen LogP contribution in [-0.4, -0.2) is 45.8 Å². The Kier molecular flexibility index (Phi) is 7.70. The standard InChI is InChI=1S/C16H23N5.C6H5F/c1-14(20-10-5-8-17-9-11-20)16-19-18-13-21(16)12-15-6-3-2-4-7-15;7-6-4-2-1-3-5-6/h2-4,6-7,13-14,17H,5,8-12H2,1H3;1-5H. The summed E-state index contributed by atoms with van der Waals surface area (Å²) in [4.78, 5) is 2.49. The molecule has 1 unspecified atom stereocenters. The van der Waals surface area contributed by atoms with Crippen molar-refractivity contribution in [1.29, 1.82) is 0 Å². The van der Waals surface area contributed by atoms with Crippen LogP contribution in [0.15, 0.2) is 67.0 Å². The van der Waals surface area contributed by atoms with Gasteiger partial charge in [0.1, 0.15) is 18.0 Å². The summed E-state index contributed by atoms with van der Waals surface area (Å²) < 4.78 is 14.1. The highest BCUT2D eigenvalue weighted by Crippen LogP contribution is 2.19. The first-order valence-corrected chi connectivity index (χ1v) is 9.81. The summed E-state index contributed by atoms with van der Waals surface area (Å²) in [6, 6.07) is 18.7. The Bertz CT molecular complexity index is 798. The summed E-state index contributed by atoms with van der Waals surface area (Å²) in [5.41, 5.74) is 1.28. The molecule has 1 aromatic heterocycles. The summed E-state index contributed by atoms with van der Waals surface area (Å²) in [6.07, 6.45) is 3.03. The zero-order valence-corrected chi connectivity index (χ0v) is 16.3. The fourth-order valence-corrected chi connectivity index (χ4v) is 3.32. The lowest BCUT2D eigenvalue weighted by molar-refractivity contribution is 0.213. The largest absolute Gasteiger partial charge is 0.315 e. The lowest BCUT2D eigenvalue weighted by atomic mass is 10.2. The number of rotatable bonds is 4. The second kappa shape index (κ2) is 10.7. The fraction of sp³-hybridized carbons (Fsp3) is 0.364. The Morgan fingerprint density at radius 2 is 1.71 bits per heavy atom. The van der Waals surface area contributed by atoms with Crippen molar-refractivity contribution in [3.63, 3.8) is 0 Å². The quantitative estimate of drug-likeness (QED) is 0.751. The Labute approximate surface area is 166 Å². The van der Waals surface area contributed by atoms with Gasteiger partial charge >= 0.3 is 0 Å². The average Bonchev–Trinajstić information content (AvgIpc) is 3.01. The Balaban J connectivity index is 0.000000271. The molecule has 5 nitrogen and oxygen atoms in total. The van der Waals surface area contributed by atoms with Crippen LogP contribution in [0.5, 0.6) is 0 Å². The van der Waals surface area contributed by atoms with Crippen LogP contribution in [0.3, 0.4) is 0 Å². The predicted octanol–water partition coefficient (Wildman–Crippen LogP) is 3.51. The van der Waals surface area contributed by atoms with Crippen LogP contribution in [0.1, 0.15) is 30.8 Å². The molecule has 1 aliphatic heterocycles. The van der Waals surface area contributed by atoms with E-state index in [0.29, 0.717) is 6.04 Å². The second-order valence-electron chi connectivity index (χ2n) is 6.91. The number of aromatic nitrogens is 3. The summed E-state index contributed by atoms with van der Waals surface area (Å²) in [5.74, 6) is 0.878. The third-order valence-corrected chi connectivity index (χ3v) is 4.87. The van der Waals surface area contributed by atoms with Crippen molar-refractivity contribution in [3.05, 3.63) is 84.2 Å². The molecule has 1 aliphatic rings. The van der Waals surface area contributed by atoms with E-state index in [1.807, 2.05) is 12.4 Å². The molecular weight excluding hydrogens is 353 g/mol. The number of benzene rings is 2. The molecule has 1 atom stereocenters. The van der Waals surface area contributed by atoms with Crippen LogP contribution in [0.2, 0.25) is 0 Å². The van der Waals surface area contributed by atoms with E-state index in [9.17, 15) is 4.39 Å². The summed E-state index contributed by atoms with van der Waals surface area (Å²) in [6.45, 7) is 7.42. The second-order valence-corrected chi connectivity index (χ2v) is 6.91. The van der Waals surface area contributed by atoms with Gasteiger partial charge in [-0.2, -0.15) is 0 Å². The third-order valence-electron chi connectivity index (χ3n) is 4.87. The third kappa shape index (κ3) is 5.97. The van der Waals surface area contributed by atoms with Crippen molar-refractivity contribution in [2.75, 3.05) is 26.2 Å². The molecule has 3 aromatic rings. The molecule has 4 rings (SSSR count). The van der Waals surface area contributed by atoms with Crippen molar-refractivity contribution in [1.82, 2.24) is 25.0 Å². The zero-order chi connectivity index (χ0) is 19.6. The maximum absolute atomic E-state index is 11.9. The molecule has 0 bridgehead atoms. The molecule has 1 saturated heterocycles. The SMILES string of the molecule is CC(c1nncn1Cc1ccccc1)N1CCCNCC1.Fc1ccccc1. The molecule has 1 fully saturated rings. The first kappa shape index (κ1) is 20.2. The zero-order valence-electron chi connectivity index (χ0n) is 16.3. The van der Waals surface area contributed by atoms with Gasteiger partial charge in [0.25, 0.3) is 0 Å². The van der Waals surface area contributed by atoms with Crippen molar-refractivity contribution in [2.24, 2.45) is 0 Å². The Morgan fingerprint density at radius 3 is 2.39 bits per heavy atom. The molecule has 2 heterocycles. The number of halogens is 1. The highest BCUT2D eigenvalue weighted by molar-refractivity contribution is 5.15. The van der Waals surface area contributed by atoms with E-state index in [-0.39, 0.29) is 5.82 Å². The van der Waals surface area contributed by atoms with Gasteiger partial charge in [0.15, 0.2) is 0 Å². The highest BCUT2D eigenvalue weighted by atomic mass is 19.1. The maximum atomic E-state index is 11.9. The topological polar surface area (TPSA) is 46.0 Å². The molecule has 0 amide bonds. The smallest absolute Gasteiger partial charge is 0.150 e. The van der Waals surface area contributed by atoms with Gasteiger partial charge in [-0.25, -0.2) is 4.39 Å². The minimum absolute atomic E-state index is 0.178. The predicted molar refractivity (Wildman–Crippen MR) is 109 cm³/mol. The van der Waals surface area contributed by atoms with Crippen LogP contribution in [-0.2, 0) is 6.54 Å². The lowest BCUT2D eigenvalue weighted by Gasteiger charge is -2.26. The van der Waals surface area contributed by atoms with Gasteiger partial charge in [0, 0.05) is 19.6 Å². The minimum Gasteiger partial charge on any atom is -0.315 e. The summed E-state index contributed by atoms with van der Waals surface area (Å²) in [7, 11) is 0. The molecule has 0 saturated carbocycles. The van der Waals surface area contributed by atoms with E-state index in [0.717, 1.165) is 38.5 Å². The minimum atomic E-state index is -0.178. The molecule has 28 heavy (non-hydrogen) atoms. The highest BCUT2D eigenvalue weighted by Gasteiger charge is 2.21. The van der Waals surface area contributed by atoms with Gasteiger partial charge in [-0.15, -0.1) is 10.2 Å². The van der Waals surface area contributed by atoms with Crippen molar-refractivity contribution < 1.29 is 4.39 Å². The summed E-state index contributed by atoms with van der Waals surface area (Å²) in [5, 5.41) is 11.9. The van der Waals surface area contributed by atoms with E-state index >= 15 is 0 Å². The number of hydrogen-bond acceptors (Lipinski definition) is 4. The molecular formula is C22H28FN5. The maximum Gasteiger partial charge on any atom is 0.150 e. The normalized spacial score (nSPS) is 15.9. The van der Waals surface area contributed by atoms with Gasteiger partial charge < -0.3 is 9.88 Å². The van der Waals surface area contributed by atoms with E-state index < -0.39 is 0 Å². The van der Waals surface area contributed by atoms with Gasteiger partial charge in [0.05, 0.1) is 12.6 Å². The Hall–Kier alpha value is -2.57. The molecule has 148 valence electrons. The summed E-state index contributed by atoms with van der Waals surface area (Å²) >= 11 is 0. The first-order chi connectivity index (χ1) is 13.7. The van der Waals surface area contributed by atoms with Crippen LogP contribution < -0.4 is 5.32 Å². The van der Waals surface area contributed by atoms with E-state index in [1.165, 1.54) is 24.1 Å². The van der Waals surface area contributed by atoms with E-state index in [2.05, 4.69) is 56.2 Å². The monoisotopic (exact) mass is 381 g/mol. The van der Waals surface area contributed by atoms with Crippen LogP contribution in [0.4, 0.5) is 4.39 Å². The van der Waals surface area contributed by atoms with E-state index in [4.69, 9.17) is 0 Å².